The first-order valence-corrected chi connectivity index (χ1v) is 13.4. The van der Waals surface area contributed by atoms with Gasteiger partial charge in [0.25, 0.3) is 0 Å². The van der Waals surface area contributed by atoms with Crippen molar-refractivity contribution in [3.05, 3.63) is 64.5 Å². The Labute approximate surface area is 203 Å². The van der Waals surface area contributed by atoms with Crippen LogP contribution in [0.1, 0.15) is 107 Å². The molecule has 0 bridgehead atoms. The fourth-order valence-electron chi connectivity index (χ4n) is 6.20. The van der Waals surface area contributed by atoms with Crippen molar-refractivity contribution < 1.29 is 17.9 Å². The smallest absolute Gasteiger partial charge is 0.162 e. The Hall–Kier alpha value is -1.97. The van der Waals surface area contributed by atoms with Gasteiger partial charge in [0.05, 0.1) is 6.61 Å². The number of rotatable bonds is 8. The monoisotopic (exact) mass is 472 g/mol. The normalized spacial score (nSPS) is 25.3. The molecule has 0 radical (unpaired) electrons. The highest BCUT2D eigenvalue weighted by Gasteiger charge is 2.29. The van der Waals surface area contributed by atoms with E-state index in [1.807, 2.05) is 31.2 Å². The van der Waals surface area contributed by atoms with Crippen molar-refractivity contribution in [2.24, 2.45) is 11.8 Å². The average molecular weight is 473 g/mol. The Morgan fingerprint density at radius 2 is 1.29 bits per heavy atom. The molecule has 0 saturated heterocycles. The maximum atomic E-state index is 15.1. The first kappa shape index (κ1) is 25.1. The van der Waals surface area contributed by atoms with Crippen LogP contribution in [0.3, 0.4) is 0 Å². The molecule has 2 aromatic rings. The first-order chi connectivity index (χ1) is 16.5. The van der Waals surface area contributed by atoms with Crippen LogP contribution >= 0.6 is 0 Å². The molecule has 1 nitrogen and oxygen atoms in total. The molecule has 4 rings (SSSR count). The summed E-state index contributed by atoms with van der Waals surface area (Å²) in [5.74, 6) is 0.620. The molecule has 4 heteroatoms. The molecule has 2 saturated carbocycles. The Balaban J connectivity index is 1.31. The Kier molecular flexibility index (Phi) is 8.60. The van der Waals surface area contributed by atoms with Gasteiger partial charge in [-0.05, 0) is 118 Å². The van der Waals surface area contributed by atoms with Crippen LogP contribution in [0.15, 0.2) is 30.3 Å². The highest BCUT2D eigenvalue weighted by atomic mass is 19.2. The van der Waals surface area contributed by atoms with Crippen molar-refractivity contribution in [1.29, 1.82) is 0 Å². The third kappa shape index (κ3) is 5.80. The van der Waals surface area contributed by atoms with Crippen molar-refractivity contribution >= 4 is 0 Å². The van der Waals surface area contributed by atoms with Crippen molar-refractivity contribution in [1.82, 2.24) is 0 Å². The number of benzene rings is 2. The Morgan fingerprint density at radius 3 is 1.79 bits per heavy atom. The number of ether oxygens (including phenoxy) is 1. The maximum Gasteiger partial charge on any atom is 0.162 e. The predicted octanol–water partition coefficient (Wildman–Crippen LogP) is 9.09. The summed E-state index contributed by atoms with van der Waals surface area (Å²) >= 11 is 0. The van der Waals surface area contributed by atoms with Crippen LogP contribution in [0, 0.1) is 29.3 Å². The second-order valence-electron chi connectivity index (χ2n) is 10.4. The topological polar surface area (TPSA) is 9.23 Å². The molecule has 0 aromatic heterocycles. The Bertz CT molecular complexity index is 940. The van der Waals surface area contributed by atoms with Gasteiger partial charge >= 0.3 is 0 Å². The van der Waals surface area contributed by atoms with E-state index in [2.05, 4.69) is 6.92 Å². The van der Waals surface area contributed by atoms with Gasteiger partial charge in [-0.3, -0.25) is 0 Å². The van der Waals surface area contributed by atoms with Gasteiger partial charge in [-0.25, -0.2) is 13.2 Å². The molecule has 0 spiro atoms. The van der Waals surface area contributed by atoms with E-state index < -0.39 is 11.6 Å². The van der Waals surface area contributed by atoms with Crippen LogP contribution in [0.5, 0.6) is 5.75 Å². The fourth-order valence-corrected chi connectivity index (χ4v) is 6.20. The minimum absolute atomic E-state index is 0.0813. The maximum absolute atomic E-state index is 15.1. The average Bonchev–Trinajstić information content (AvgIpc) is 2.86. The zero-order chi connectivity index (χ0) is 24.1. The molecular weight excluding hydrogens is 433 g/mol. The molecule has 0 atom stereocenters. The summed E-state index contributed by atoms with van der Waals surface area (Å²) in [5, 5.41) is 0. The van der Waals surface area contributed by atoms with Crippen LogP contribution in [0.25, 0.3) is 0 Å². The number of aryl methyl sites for hydroxylation is 1. The summed E-state index contributed by atoms with van der Waals surface area (Å²) in [6.45, 7) is 4.62. The zero-order valence-electron chi connectivity index (χ0n) is 20.7. The van der Waals surface area contributed by atoms with E-state index in [4.69, 9.17) is 4.74 Å². The van der Waals surface area contributed by atoms with Gasteiger partial charge in [-0.1, -0.05) is 31.5 Å². The molecule has 2 aromatic carbocycles. The summed E-state index contributed by atoms with van der Waals surface area (Å²) in [5.41, 5.74) is 1.86. The third-order valence-corrected chi connectivity index (χ3v) is 8.45. The lowest BCUT2D eigenvalue weighted by molar-refractivity contribution is 0.300. The molecule has 0 N–H and O–H groups in total. The van der Waals surface area contributed by atoms with Crippen LogP contribution in [0.2, 0.25) is 0 Å². The molecule has 34 heavy (non-hydrogen) atoms. The van der Waals surface area contributed by atoms with Crippen molar-refractivity contribution in [3.63, 3.8) is 0 Å². The van der Waals surface area contributed by atoms with Gasteiger partial charge in [0.15, 0.2) is 11.6 Å². The van der Waals surface area contributed by atoms with Gasteiger partial charge in [-0.2, -0.15) is 0 Å². The first-order valence-electron chi connectivity index (χ1n) is 13.4. The largest absolute Gasteiger partial charge is 0.494 e. The summed E-state index contributed by atoms with van der Waals surface area (Å²) < 4.78 is 49.9. The molecule has 0 amide bonds. The van der Waals surface area contributed by atoms with E-state index in [9.17, 15) is 4.39 Å². The molecule has 0 unspecified atom stereocenters. The quantitative estimate of drug-likeness (QED) is 0.372. The fraction of sp³-hybridized carbons (Fsp3) is 0.600. The molecule has 0 heterocycles. The standard InChI is InChI=1S/C30H39F3O/c1-3-20-5-10-22(11-6-20)26-17-18-27(30(33)29(26)32)23-12-7-21(8-13-23)9-14-24-15-16-25(34-4-2)19-28(24)31/h15-23H,3-14H2,1-2H3. The van der Waals surface area contributed by atoms with Gasteiger partial charge in [0.1, 0.15) is 11.6 Å². The van der Waals surface area contributed by atoms with E-state index in [1.165, 1.54) is 12.5 Å². The van der Waals surface area contributed by atoms with Gasteiger partial charge in [0.2, 0.25) is 0 Å². The second kappa shape index (κ2) is 11.6. The summed E-state index contributed by atoms with van der Waals surface area (Å²) in [4.78, 5) is 0. The lowest BCUT2D eigenvalue weighted by atomic mass is 9.75. The van der Waals surface area contributed by atoms with Crippen LogP contribution in [-0.2, 0) is 6.42 Å². The van der Waals surface area contributed by atoms with Gasteiger partial charge in [0, 0.05) is 6.07 Å². The van der Waals surface area contributed by atoms with Gasteiger partial charge < -0.3 is 4.74 Å². The number of hydrogen-bond acceptors (Lipinski definition) is 1. The molecule has 2 fully saturated rings. The van der Waals surface area contributed by atoms with Crippen LogP contribution in [0.4, 0.5) is 13.2 Å². The molecular formula is C30H39F3O. The van der Waals surface area contributed by atoms with E-state index in [1.54, 1.807) is 0 Å². The van der Waals surface area contributed by atoms with Crippen molar-refractivity contribution in [3.8, 4) is 5.75 Å². The predicted molar refractivity (Wildman–Crippen MR) is 132 cm³/mol. The van der Waals surface area contributed by atoms with E-state index in [0.717, 1.165) is 69.3 Å². The van der Waals surface area contributed by atoms with E-state index in [0.29, 0.717) is 35.8 Å². The minimum Gasteiger partial charge on any atom is -0.494 e. The van der Waals surface area contributed by atoms with Crippen molar-refractivity contribution in [2.75, 3.05) is 6.61 Å². The zero-order valence-corrected chi connectivity index (χ0v) is 20.7. The lowest BCUT2D eigenvalue weighted by Gasteiger charge is -2.31. The molecule has 0 aliphatic heterocycles. The number of halogens is 3. The molecule has 186 valence electrons. The van der Waals surface area contributed by atoms with E-state index >= 15 is 8.78 Å². The lowest BCUT2D eigenvalue weighted by Crippen LogP contribution is -2.17. The SMILES string of the molecule is CCOc1ccc(CCC2CCC(c3ccc(C4CCC(CC)CC4)c(F)c3F)CC2)c(F)c1. The van der Waals surface area contributed by atoms with E-state index in [-0.39, 0.29) is 17.7 Å². The summed E-state index contributed by atoms with van der Waals surface area (Å²) in [6.07, 6.45) is 10.7. The Morgan fingerprint density at radius 1 is 0.735 bits per heavy atom. The summed E-state index contributed by atoms with van der Waals surface area (Å²) in [7, 11) is 0. The molecule has 2 aliphatic carbocycles. The highest BCUT2D eigenvalue weighted by Crippen LogP contribution is 2.42. The highest BCUT2D eigenvalue weighted by molar-refractivity contribution is 5.32. The van der Waals surface area contributed by atoms with Crippen molar-refractivity contribution in [2.45, 2.75) is 96.3 Å². The summed E-state index contributed by atoms with van der Waals surface area (Å²) in [6, 6.07) is 8.84. The minimum atomic E-state index is -0.616. The third-order valence-electron chi connectivity index (χ3n) is 8.45. The number of hydrogen-bond donors (Lipinski definition) is 0. The van der Waals surface area contributed by atoms with Crippen LogP contribution in [-0.4, -0.2) is 6.61 Å². The molecule has 2 aliphatic rings. The van der Waals surface area contributed by atoms with Gasteiger partial charge in [-0.15, -0.1) is 0 Å². The van der Waals surface area contributed by atoms with Crippen LogP contribution < -0.4 is 4.74 Å². The second-order valence-corrected chi connectivity index (χ2v) is 10.4.